The molecule has 0 saturated heterocycles. The van der Waals surface area contributed by atoms with Gasteiger partial charge in [0.25, 0.3) is 0 Å². The number of carbonyl (C=O) groups is 1. The number of hydrogen-bond donors (Lipinski definition) is 1. The molecule has 4 nitrogen and oxygen atoms in total. The van der Waals surface area contributed by atoms with E-state index in [0.717, 1.165) is 12.8 Å². The molecule has 0 aliphatic heterocycles. The lowest BCUT2D eigenvalue weighted by Gasteiger charge is -2.19. The smallest absolute Gasteiger partial charge is 0.223 e. The van der Waals surface area contributed by atoms with Crippen molar-refractivity contribution in [2.24, 2.45) is 5.92 Å². The minimum Gasteiger partial charge on any atom is -0.354 e. The molecule has 0 bridgehead atoms. The van der Waals surface area contributed by atoms with Gasteiger partial charge in [0, 0.05) is 12.5 Å². The third-order valence-electron chi connectivity index (χ3n) is 4.03. The SMILES string of the molecule is O=C(NC[C@H](c1ccccc1)S(=O)(=O)c1ccccc1)C1CC1. The number of rotatable bonds is 6. The van der Waals surface area contributed by atoms with Gasteiger partial charge in [0.05, 0.1) is 4.90 Å². The Morgan fingerprint density at radius 2 is 1.57 bits per heavy atom. The van der Waals surface area contributed by atoms with Gasteiger partial charge < -0.3 is 5.32 Å². The monoisotopic (exact) mass is 329 g/mol. The van der Waals surface area contributed by atoms with E-state index in [9.17, 15) is 13.2 Å². The molecule has 0 unspecified atom stereocenters. The normalized spacial score (nSPS) is 15.8. The fraction of sp³-hybridized carbons (Fsp3) is 0.278. The summed E-state index contributed by atoms with van der Waals surface area (Å²) in [4.78, 5) is 12.2. The topological polar surface area (TPSA) is 63.2 Å². The molecule has 0 spiro atoms. The Hall–Kier alpha value is -2.14. The molecule has 3 rings (SSSR count). The Morgan fingerprint density at radius 1 is 1.00 bits per heavy atom. The zero-order chi connectivity index (χ0) is 16.3. The molecule has 23 heavy (non-hydrogen) atoms. The van der Waals surface area contributed by atoms with Crippen molar-refractivity contribution in [3.8, 4) is 0 Å². The molecule has 1 saturated carbocycles. The lowest BCUT2D eigenvalue weighted by molar-refractivity contribution is -0.122. The maximum absolute atomic E-state index is 13.0. The standard InChI is InChI=1S/C18H19NO3S/c20-18(15-11-12-15)19-13-17(14-7-3-1-4-8-14)23(21,22)16-9-5-2-6-10-16/h1-10,15,17H,11-13H2,(H,19,20)/t17-/m1/s1. The third kappa shape index (κ3) is 3.62. The molecular formula is C18H19NO3S. The van der Waals surface area contributed by atoms with Crippen LogP contribution in [0.25, 0.3) is 0 Å². The van der Waals surface area contributed by atoms with E-state index in [2.05, 4.69) is 5.32 Å². The first-order chi connectivity index (χ1) is 11.1. The number of carbonyl (C=O) groups excluding carboxylic acids is 1. The van der Waals surface area contributed by atoms with E-state index in [1.165, 1.54) is 0 Å². The Labute approximate surface area is 136 Å². The molecule has 5 heteroatoms. The van der Waals surface area contributed by atoms with E-state index in [4.69, 9.17) is 0 Å². The Kier molecular flexibility index (Phi) is 4.48. The Balaban J connectivity index is 1.89. The molecule has 1 aliphatic rings. The number of hydrogen-bond acceptors (Lipinski definition) is 3. The van der Waals surface area contributed by atoms with Crippen LogP contribution in [0.5, 0.6) is 0 Å². The molecule has 1 fully saturated rings. The summed E-state index contributed by atoms with van der Waals surface area (Å²) in [6.07, 6.45) is 1.79. The van der Waals surface area contributed by atoms with Crippen LogP contribution in [-0.2, 0) is 14.6 Å². The van der Waals surface area contributed by atoms with Crippen LogP contribution in [0.15, 0.2) is 65.6 Å². The highest BCUT2D eigenvalue weighted by molar-refractivity contribution is 7.91. The molecule has 1 atom stereocenters. The summed E-state index contributed by atoms with van der Waals surface area (Å²) in [6.45, 7) is 0.0938. The summed E-state index contributed by atoms with van der Waals surface area (Å²) < 4.78 is 26.0. The highest BCUT2D eigenvalue weighted by Crippen LogP contribution is 2.31. The van der Waals surface area contributed by atoms with Crippen LogP contribution < -0.4 is 5.32 Å². The van der Waals surface area contributed by atoms with Gasteiger partial charge in [0.1, 0.15) is 5.25 Å². The summed E-state index contributed by atoms with van der Waals surface area (Å²) >= 11 is 0. The first kappa shape index (κ1) is 15.7. The largest absolute Gasteiger partial charge is 0.354 e. The first-order valence-electron chi connectivity index (χ1n) is 7.70. The lowest BCUT2D eigenvalue weighted by atomic mass is 10.1. The minimum absolute atomic E-state index is 0.0470. The summed E-state index contributed by atoms with van der Waals surface area (Å²) in [5.41, 5.74) is 0.687. The third-order valence-corrected chi connectivity index (χ3v) is 6.14. The fourth-order valence-corrected chi connectivity index (χ4v) is 4.22. The first-order valence-corrected chi connectivity index (χ1v) is 9.25. The molecule has 0 heterocycles. The van der Waals surface area contributed by atoms with Crippen molar-refractivity contribution < 1.29 is 13.2 Å². The molecule has 2 aromatic rings. The van der Waals surface area contributed by atoms with Crippen LogP contribution in [0.4, 0.5) is 0 Å². The summed E-state index contributed by atoms with van der Waals surface area (Å²) in [7, 11) is -3.57. The zero-order valence-electron chi connectivity index (χ0n) is 12.7. The number of nitrogens with one attached hydrogen (secondary N) is 1. The minimum atomic E-state index is -3.57. The predicted octanol–water partition coefficient (Wildman–Crippen LogP) is 2.73. The molecule has 1 amide bonds. The van der Waals surface area contributed by atoms with Gasteiger partial charge >= 0.3 is 0 Å². The second-order valence-electron chi connectivity index (χ2n) is 5.78. The van der Waals surface area contributed by atoms with Gasteiger partial charge in [0.15, 0.2) is 9.84 Å². The van der Waals surface area contributed by atoms with E-state index in [-0.39, 0.29) is 23.3 Å². The summed E-state index contributed by atoms with van der Waals surface area (Å²) in [5, 5.41) is 2.02. The van der Waals surface area contributed by atoms with E-state index in [0.29, 0.717) is 5.56 Å². The lowest BCUT2D eigenvalue weighted by Crippen LogP contribution is -2.32. The van der Waals surface area contributed by atoms with E-state index < -0.39 is 15.1 Å². The van der Waals surface area contributed by atoms with Crippen LogP contribution in [-0.4, -0.2) is 20.9 Å². The Bertz CT molecular complexity index is 768. The highest BCUT2D eigenvalue weighted by Gasteiger charge is 2.33. The van der Waals surface area contributed by atoms with Gasteiger partial charge in [-0.25, -0.2) is 8.42 Å². The van der Waals surface area contributed by atoms with Gasteiger partial charge in [0.2, 0.25) is 5.91 Å². The molecular weight excluding hydrogens is 310 g/mol. The molecule has 0 aromatic heterocycles. The number of sulfone groups is 1. The highest BCUT2D eigenvalue weighted by atomic mass is 32.2. The molecule has 2 aromatic carbocycles. The van der Waals surface area contributed by atoms with Crippen molar-refractivity contribution in [2.45, 2.75) is 23.0 Å². The van der Waals surface area contributed by atoms with E-state index in [1.54, 1.807) is 42.5 Å². The van der Waals surface area contributed by atoms with Crippen molar-refractivity contribution >= 4 is 15.7 Å². The predicted molar refractivity (Wildman–Crippen MR) is 88.5 cm³/mol. The fourth-order valence-electron chi connectivity index (χ4n) is 2.53. The van der Waals surface area contributed by atoms with Gasteiger partial charge in [-0.15, -0.1) is 0 Å². The Morgan fingerprint density at radius 3 is 2.13 bits per heavy atom. The second kappa shape index (κ2) is 6.54. The van der Waals surface area contributed by atoms with Crippen LogP contribution in [0.1, 0.15) is 23.7 Å². The van der Waals surface area contributed by atoms with Gasteiger partial charge in [-0.3, -0.25) is 4.79 Å². The van der Waals surface area contributed by atoms with Crippen molar-refractivity contribution in [1.29, 1.82) is 0 Å². The summed E-state index contributed by atoms with van der Waals surface area (Å²) in [5.74, 6) is 0.0139. The van der Waals surface area contributed by atoms with Gasteiger partial charge in [-0.05, 0) is 30.5 Å². The van der Waals surface area contributed by atoms with Crippen LogP contribution >= 0.6 is 0 Å². The maximum atomic E-state index is 13.0. The number of benzene rings is 2. The molecule has 1 N–H and O–H groups in total. The second-order valence-corrected chi connectivity index (χ2v) is 7.91. The van der Waals surface area contributed by atoms with Crippen molar-refractivity contribution in [1.82, 2.24) is 5.32 Å². The van der Waals surface area contributed by atoms with Crippen molar-refractivity contribution in [3.05, 3.63) is 66.2 Å². The average Bonchev–Trinajstić information content (AvgIpc) is 3.41. The van der Waals surface area contributed by atoms with Crippen molar-refractivity contribution in [3.63, 3.8) is 0 Å². The molecule has 0 radical (unpaired) electrons. The number of amides is 1. The zero-order valence-corrected chi connectivity index (χ0v) is 13.5. The quantitative estimate of drug-likeness (QED) is 0.886. The molecule has 120 valence electrons. The van der Waals surface area contributed by atoms with E-state index in [1.807, 2.05) is 18.2 Å². The van der Waals surface area contributed by atoms with Gasteiger partial charge in [-0.1, -0.05) is 48.5 Å². The maximum Gasteiger partial charge on any atom is 0.223 e. The van der Waals surface area contributed by atoms with Crippen LogP contribution in [0.2, 0.25) is 0 Å². The van der Waals surface area contributed by atoms with Crippen LogP contribution in [0.3, 0.4) is 0 Å². The van der Waals surface area contributed by atoms with Crippen LogP contribution in [0, 0.1) is 5.92 Å². The molecule has 1 aliphatic carbocycles. The van der Waals surface area contributed by atoms with Gasteiger partial charge in [-0.2, -0.15) is 0 Å². The summed E-state index contributed by atoms with van der Waals surface area (Å²) in [6, 6.07) is 17.4. The average molecular weight is 329 g/mol. The van der Waals surface area contributed by atoms with Crippen molar-refractivity contribution in [2.75, 3.05) is 6.54 Å². The van der Waals surface area contributed by atoms with E-state index >= 15 is 0 Å².